The van der Waals surface area contributed by atoms with E-state index in [0.29, 0.717) is 5.25 Å². The lowest BCUT2D eigenvalue weighted by Crippen LogP contribution is -1.79. The molecule has 0 aromatic rings. The predicted octanol–water partition coefficient (Wildman–Crippen LogP) is 1.32. The molecule has 0 aromatic carbocycles. The molecule has 1 nitrogen and oxygen atoms in total. The van der Waals surface area contributed by atoms with Crippen molar-refractivity contribution in [1.82, 2.24) is 6.15 Å². The molecule has 0 aliphatic carbocycles. The van der Waals surface area contributed by atoms with Gasteiger partial charge in [0.25, 0.3) is 0 Å². The fourth-order valence-corrected chi connectivity index (χ4v) is 0. The molecule has 0 rings (SSSR count). The molecule has 5 heavy (non-hydrogen) atoms. The zero-order valence-corrected chi connectivity index (χ0v) is 4.80. The van der Waals surface area contributed by atoms with Gasteiger partial charge >= 0.3 is 0 Å². The lowest BCUT2D eigenvalue weighted by molar-refractivity contribution is 1.12. The van der Waals surface area contributed by atoms with E-state index in [0.717, 1.165) is 0 Å². The fraction of sp³-hybridized carbons (Fsp3) is 1.00. The van der Waals surface area contributed by atoms with Crippen molar-refractivity contribution in [3.8, 4) is 0 Å². The quantitative estimate of drug-likeness (QED) is 0.450. The Labute approximate surface area is 38.8 Å². The van der Waals surface area contributed by atoms with E-state index in [1.54, 1.807) is 0 Å². The van der Waals surface area contributed by atoms with Crippen molar-refractivity contribution in [1.29, 1.82) is 0 Å². The molecule has 0 saturated heterocycles. The Bertz CT molecular complexity index is 11.6. The predicted molar refractivity (Wildman–Crippen MR) is 28.5 cm³/mol. The normalized spacial score (nSPS) is 7.20. The molecule has 0 heterocycles. The maximum atomic E-state index is 4.62. The molecule has 0 aliphatic rings. The van der Waals surface area contributed by atoms with Gasteiger partial charge in [0, 0.05) is 0 Å². The summed E-state index contributed by atoms with van der Waals surface area (Å²) in [6, 6.07) is 0. The number of rotatable bonds is 0. The smallest absolute Gasteiger partial charge is 0.0849 e. The topological polar surface area (TPSA) is 36.5 Å². The molecular weight excluding hydrogens is 82.1 g/mol. The van der Waals surface area contributed by atoms with Gasteiger partial charge in [-0.1, -0.05) is 13.8 Å². The number of quaternary nitrogens is 1. The Kier molecular flexibility index (Phi) is 7.76. The first kappa shape index (κ1) is 9.00. The van der Waals surface area contributed by atoms with E-state index in [-0.39, 0.29) is 6.15 Å². The van der Waals surface area contributed by atoms with Crippen LogP contribution in [0.4, 0.5) is 0 Å². The van der Waals surface area contributed by atoms with E-state index in [2.05, 4.69) is 12.6 Å². The zero-order valence-electron chi connectivity index (χ0n) is 3.99. The second-order valence-corrected chi connectivity index (χ2v) is 1.99. The first-order chi connectivity index (χ1) is 1.73. The van der Waals surface area contributed by atoms with E-state index in [1.165, 1.54) is 0 Å². The fourth-order valence-electron chi connectivity index (χ4n) is 0. The molecule has 0 radical (unpaired) electrons. The van der Waals surface area contributed by atoms with Gasteiger partial charge in [0.05, 0.1) is 0 Å². The number of hydrogen-bond acceptors (Lipinski definition) is 1. The van der Waals surface area contributed by atoms with Crippen molar-refractivity contribution < 1.29 is 0 Å². The summed E-state index contributed by atoms with van der Waals surface area (Å²) < 4.78 is 0. The van der Waals surface area contributed by atoms with Crippen molar-refractivity contribution >= 4 is 12.6 Å². The Morgan fingerprint density at radius 3 is 1.40 bits per heavy atom. The zero-order chi connectivity index (χ0) is 3.58. The van der Waals surface area contributed by atoms with Crippen LogP contribution in [-0.2, 0) is 12.6 Å². The minimum absolute atomic E-state index is 0. The van der Waals surface area contributed by atoms with Crippen molar-refractivity contribution in [2.75, 3.05) is 0 Å². The maximum Gasteiger partial charge on any atom is -0.0849 e. The van der Waals surface area contributed by atoms with Gasteiger partial charge in [-0.15, -0.1) is 0 Å². The van der Waals surface area contributed by atoms with Crippen LogP contribution in [0.15, 0.2) is 0 Å². The van der Waals surface area contributed by atoms with Gasteiger partial charge < -0.3 is 18.8 Å². The summed E-state index contributed by atoms with van der Waals surface area (Å²) in [6.45, 7) is 3.96. The van der Waals surface area contributed by atoms with Crippen LogP contribution in [0.5, 0.6) is 0 Å². The molecule has 0 atom stereocenters. The van der Waals surface area contributed by atoms with E-state index < -0.39 is 0 Å². The van der Waals surface area contributed by atoms with Gasteiger partial charge in [0.15, 0.2) is 0 Å². The van der Waals surface area contributed by atoms with Crippen molar-refractivity contribution in [2.45, 2.75) is 19.1 Å². The Hall–Kier alpha value is 0.310. The molecule has 0 bridgehead atoms. The molecule has 0 saturated carbocycles. The standard InChI is InChI=1S/C3H8S.H3N/c1-3(2)4;/h3-4H,1-2H3;1H3. The highest BCUT2D eigenvalue weighted by Crippen LogP contribution is 1.69. The molecule has 0 aliphatic heterocycles. The summed E-state index contributed by atoms with van der Waals surface area (Å²) >= 11 is 4.62. The van der Waals surface area contributed by atoms with Crippen molar-refractivity contribution in [2.24, 2.45) is 0 Å². The molecule has 4 N–H and O–H groups in total. The van der Waals surface area contributed by atoms with Crippen LogP contribution in [0.25, 0.3) is 0 Å². The SMILES string of the molecule is CC(C)[S-].[NH4+]. The van der Waals surface area contributed by atoms with Crippen LogP contribution in [0, 0.1) is 0 Å². The average molecular weight is 93.2 g/mol. The third-order valence-corrected chi connectivity index (χ3v) is 0. The lowest BCUT2D eigenvalue weighted by Gasteiger charge is -2.02. The van der Waals surface area contributed by atoms with Gasteiger partial charge in [-0.2, -0.15) is 5.25 Å². The lowest BCUT2D eigenvalue weighted by atomic mass is 10.6. The van der Waals surface area contributed by atoms with E-state index in [9.17, 15) is 0 Å². The van der Waals surface area contributed by atoms with Gasteiger partial charge in [-0.05, 0) is 0 Å². The van der Waals surface area contributed by atoms with Gasteiger partial charge in [0.2, 0.25) is 0 Å². The highest BCUT2D eigenvalue weighted by molar-refractivity contribution is 7.59. The summed E-state index contributed by atoms with van der Waals surface area (Å²) in [4.78, 5) is 0. The van der Waals surface area contributed by atoms with E-state index >= 15 is 0 Å². The molecule has 0 aromatic heterocycles. The van der Waals surface area contributed by atoms with Crippen LogP contribution in [0.1, 0.15) is 13.8 Å². The molecule has 2 heteroatoms. The molecule has 0 spiro atoms. The summed E-state index contributed by atoms with van der Waals surface area (Å²) in [5.41, 5.74) is 0. The Balaban J connectivity index is 0. The van der Waals surface area contributed by atoms with Gasteiger partial charge in [-0.25, -0.2) is 0 Å². The summed E-state index contributed by atoms with van der Waals surface area (Å²) in [5, 5.41) is 0.417. The second kappa shape index (κ2) is 4.31. The third kappa shape index (κ3) is 239. The van der Waals surface area contributed by atoms with Crippen molar-refractivity contribution in [3.05, 3.63) is 0 Å². The summed E-state index contributed by atoms with van der Waals surface area (Å²) in [7, 11) is 0. The second-order valence-electron chi connectivity index (χ2n) is 1.05. The van der Waals surface area contributed by atoms with Crippen molar-refractivity contribution in [3.63, 3.8) is 0 Å². The monoisotopic (exact) mass is 93.1 g/mol. The first-order valence-corrected chi connectivity index (χ1v) is 1.86. The molecule has 0 amide bonds. The highest BCUT2D eigenvalue weighted by Gasteiger charge is 1.52. The van der Waals surface area contributed by atoms with Crippen LogP contribution in [0.3, 0.4) is 0 Å². The average Bonchev–Trinajstić information content (AvgIpc) is 0.811. The highest BCUT2D eigenvalue weighted by atomic mass is 32.1. The largest absolute Gasteiger partial charge is 0.790 e. The minimum Gasteiger partial charge on any atom is -0.790 e. The van der Waals surface area contributed by atoms with Crippen LogP contribution in [-0.4, -0.2) is 5.25 Å². The van der Waals surface area contributed by atoms with Crippen LogP contribution >= 0.6 is 0 Å². The van der Waals surface area contributed by atoms with Gasteiger partial charge in [-0.3, -0.25) is 0 Å². The Morgan fingerprint density at radius 2 is 1.40 bits per heavy atom. The van der Waals surface area contributed by atoms with Gasteiger partial charge in [0.1, 0.15) is 0 Å². The molecular formula is C3H11NS. The van der Waals surface area contributed by atoms with E-state index in [4.69, 9.17) is 0 Å². The van der Waals surface area contributed by atoms with Crippen LogP contribution in [0.2, 0.25) is 0 Å². The number of hydrogen-bond donors (Lipinski definition) is 1. The minimum atomic E-state index is 0. The summed E-state index contributed by atoms with van der Waals surface area (Å²) in [6.07, 6.45) is 0. The first-order valence-electron chi connectivity index (χ1n) is 1.39. The maximum absolute atomic E-state index is 4.62. The molecule has 0 fully saturated rings. The van der Waals surface area contributed by atoms with Crippen LogP contribution < -0.4 is 6.15 Å². The van der Waals surface area contributed by atoms with E-state index in [1.807, 2.05) is 13.8 Å². The third-order valence-electron chi connectivity index (χ3n) is 0. The Morgan fingerprint density at radius 1 is 1.40 bits per heavy atom. The molecule has 0 unspecified atom stereocenters. The molecule has 34 valence electrons. The summed E-state index contributed by atoms with van der Waals surface area (Å²) in [5.74, 6) is 0.